The molecule has 6 rings (SSSR count). The molecule has 4 aromatic rings. The van der Waals surface area contributed by atoms with Crippen LogP contribution in [0.2, 0.25) is 5.02 Å². The van der Waals surface area contributed by atoms with E-state index in [0.717, 1.165) is 53.5 Å². The van der Waals surface area contributed by atoms with Crippen molar-refractivity contribution in [2.45, 2.75) is 76.9 Å². The Morgan fingerprint density at radius 1 is 0.982 bits per heavy atom. The molecule has 1 amide bonds. The monoisotopic (exact) mass is 814 g/mol. The number of carbonyl (C=O) groups excluding carboxylic acids is 3. The van der Waals surface area contributed by atoms with Crippen LogP contribution in [0.15, 0.2) is 65.7 Å². The van der Waals surface area contributed by atoms with E-state index in [1.54, 1.807) is 19.4 Å². The van der Waals surface area contributed by atoms with E-state index in [9.17, 15) is 14.4 Å². The second-order valence-electron chi connectivity index (χ2n) is 15.3. The molecule has 1 atom stereocenters. The lowest BCUT2D eigenvalue weighted by molar-refractivity contribution is -0.133. The number of nitrogens with zero attached hydrogens (tertiary/aromatic N) is 4. The topological polar surface area (TPSA) is 117 Å². The number of methoxy groups -OCH3 is 1. The predicted molar refractivity (Wildman–Crippen MR) is 230 cm³/mol. The summed E-state index contributed by atoms with van der Waals surface area (Å²) in [6, 6.07) is 17.6. The third kappa shape index (κ3) is 9.24. The molecule has 0 aliphatic carbocycles. The van der Waals surface area contributed by atoms with Crippen LogP contribution in [0.3, 0.4) is 0 Å². The number of likely N-dealkylation sites (tertiary alicyclic amines) is 1. The number of aromatic nitrogens is 2. The summed E-state index contributed by atoms with van der Waals surface area (Å²) in [6.45, 7) is 14.4. The van der Waals surface area contributed by atoms with Crippen LogP contribution in [0.4, 0.5) is 28.8 Å². The Morgan fingerprint density at radius 3 is 2.36 bits per heavy atom. The number of nitrogens with one attached hydrogen (secondary N) is 2. The van der Waals surface area contributed by atoms with E-state index in [4.69, 9.17) is 32.5 Å². The number of ether oxygens (including phenoxy) is 1. The van der Waals surface area contributed by atoms with Gasteiger partial charge in [-0.1, -0.05) is 60.9 Å². The molecule has 296 valence electrons. The summed E-state index contributed by atoms with van der Waals surface area (Å²) in [7, 11) is 1.28. The molecular weight excluding hydrogens is 764 g/mol. The van der Waals surface area contributed by atoms with Gasteiger partial charge in [0.15, 0.2) is 17.4 Å². The van der Waals surface area contributed by atoms with Crippen LogP contribution in [0.1, 0.15) is 91.6 Å². The zero-order valence-electron chi connectivity index (χ0n) is 33.1. The van der Waals surface area contributed by atoms with Crippen LogP contribution < -0.4 is 20.3 Å². The van der Waals surface area contributed by atoms with E-state index in [-0.39, 0.29) is 38.8 Å². The molecule has 0 bridgehead atoms. The van der Waals surface area contributed by atoms with Crippen LogP contribution in [0.25, 0.3) is 0 Å². The van der Waals surface area contributed by atoms with Crippen LogP contribution >= 0.6 is 11.6 Å². The van der Waals surface area contributed by atoms with Crippen molar-refractivity contribution in [3.63, 3.8) is 0 Å². The van der Waals surface area contributed by atoms with Gasteiger partial charge in [-0.15, -0.1) is 0 Å². The van der Waals surface area contributed by atoms with Crippen LogP contribution in [-0.2, 0) is 25.4 Å². The molecule has 0 radical (unpaired) electrons. The lowest BCUT2D eigenvalue weighted by Crippen LogP contribution is -2.49. The quantitative estimate of drug-likeness (QED) is 0.120. The molecule has 10 nitrogen and oxygen atoms in total. The first kappa shape index (κ1) is 41.2. The summed E-state index contributed by atoms with van der Waals surface area (Å²) in [5.74, 6) is 1.94. The van der Waals surface area contributed by atoms with Crippen molar-refractivity contribution >= 4 is 78.5 Å². The van der Waals surface area contributed by atoms with Crippen molar-refractivity contribution in [2.75, 3.05) is 48.8 Å². The molecule has 1 unspecified atom stereocenters. The second kappa shape index (κ2) is 17.8. The zero-order chi connectivity index (χ0) is 40.3. The molecule has 2 saturated heterocycles. The summed E-state index contributed by atoms with van der Waals surface area (Å²) >= 11 is 12.4. The maximum Gasteiger partial charge on any atom is 0.229 e. The van der Waals surface area contributed by atoms with Crippen molar-refractivity contribution in [2.24, 2.45) is 11.8 Å². The van der Waals surface area contributed by atoms with E-state index in [1.165, 1.54) is 12.5 Å². The number of hydrogen-bond acceptors (Lipinski definition) is 10. The number of amides is 1. The van der Waals surface area contributed by atoms with E-state index in [2.05, 4.69) is 53.4 Å². The Balaban J connectivity index is 1.05. The molecule has 1 aromatic heterocycles. The van der Waals surface area contributed by atoms with E-state index < -0.39 is 0 Å². The number of hydrogen-bond donors (Lipinski definition) is 2. The van der Waals surface area contributed by atoms with E-state index in [1.807, 2.05) is 55.1 Å². The van der Waals surface area contributed by atoms with E-state index in [0.29, 0.717) is 64.3 Å². The van der Waals surface area contributed by atoms with Crippen molar-refractivity contribution in [1.29, 1.82) is 0 Å². The number of ketones is 2. The van der Waals surface area contributed by atoms with Gasteiger partial charge >= 0.3 is 0 Å². The van der Waals surface area contributed by atoms with E-state index >= 15 is 0 Å². The summed E-state index contributed by atoms with van der Waals surface area (Å²) in [5, 5.41) is 7.43. The fourth-order valence-electron chi connectivity index (χ4n) is 7.44. The minimum absolute atomic E-state index is 0.0283. The molecule has 3 aromatic carbocycles. The number of para-hydroxylation sites is 1. The Labute approximate surface area is 342 Å². The molecular formula is C43H51ClN6O4S2. The maximum absolute atomic E-state index is 13.4. The molecule has 2 aliphatic heterocycles. The van der Waals surface area contributed by atoms with Crippen molar-refractivity contribution < 1.29 is 19.1 Å². The summed E-state index contributed by atoms with van der Waals surface area (Å²) in [6.07, 6.45) is 3.81. The number of anilines is 5. The van der Waals surface area contributed by atoms with Gasteiger partial charge in [-0.2, -0.15) is 4.98 Å². The normalized spacial score (nSPS) is 15.5. The van der Waals surface area contributed by atoms with Crippen molar-refractivity contribution in [1.82, 2.24) is 14.9 Å². The lowest BCUT2D eigenvalue weighted by Gasteiger charge is -2.42. The number of piperidine rings is 1. The molecule has 2 aliphatic rings. The van der Waals surface area contributed by atoms with Crippen LogP contribution in [-0.4, -0.2) is 70.9 Å². The van der Waals surface area contributed by atoms with Gasteiger partial charge in [0.05, 0.1) is 24.7 Å². The van der Waals surface area contributed by atoms with Gasteiger partial charge in [0, 0.05) is 71.4 Å². The first-order chi connectivity index (χ1) is 26.7. The highest BCUT2D eigenvalue weighted by Crippen LogP contribution is 2.38. The SMILES string of the molecule is COc1cc(C2CCN(C(=O)CC3CN(c4ccc(C(=O)C(C)C)c(C(C)=O)c4)C3)CC2)c(C)cc1Nc1ncc(Cl)c(Nc2ccccc2S(=S)C(C)C)n1. The summed E-state index contributed by atoms with van der Waals surface area (Å²) < 4.78 is 5.85. The van der Waals surface area contributed by atoms with Gasteiger partial charge in [-0.3, -0.25) is 14.4 Å². The smallest absolute Gasteiger partial charge is 0.229 e. The fourth-order valence-corrected chi connectivity index (χ4v) is 9.07. The average Bonchev–Trinajstić information content (AvgIpc) is 3.16. The maximum atomic E-state index is 13.4. The highest BCUT2D eigenvalue weighted by Gasteiger charge is 2.33. The number of Topliss-reactive ketones (excluding diaryl/α,β-unsaturated/α-hetero) is 2. The molecule has 0 spiro atoms. The number of carbonyl (C=O) groups is 3. The Morgan fingerprint density at radius 2 is 1.70 bits per heavy atom. The Hall–Kier alpha value is -4.39. The third-order valence-electron chi connectivity index (χ3n) is 10.6. The van der Waals surface area contributed by atoms with Gasteiger partial charge in [0.1, 0.15) is 10.8 Å². The molecule has 2 N–H and O–H groups in total. The number of rotatable bonds is 14. The van der Waals surface area contributed by atoms with Gasteiger partial charge in [0.2, 0.25) is 11.9 Å². The number of halogens is 1. The lowest BCUT2D eigenvalue weighted by atomic mass is 9.86. The molecule has 0 saturated carbocycles. The highest BCUT2D eigenvalue weighted by molar-refractivity contribution is 8.29. The fraction of sp³-hybridized carbons (Fsp3) is 0.419. The van der Waals surface area contributed by atoms with Gasteiger partial charge in [0.25, 0.3) is 0 Å². The van der Waals surface area contributed by atoms with Gasteiger partial charge in [-0.05, 0) is 97.4 Å². The number of benzene rings is 3. The first-order valence-electron chi connectivity index (χ1n) is 19.2. The molecule has 3 heterocycles. The largest absolute Gasteiger partial charge is 0.495 e. The van der Waals surface area contributed by atoms with Crippen LogP contribution in [0.5, 0.6) is 5.75 Å². The van der Waals surface area contributed by atoms with Gasteiger partial charge in [-0.25, -0.2) is 4.98 Å². The van der Waals surface area contributed by atoms with Crippen molar-refractivity contribution in [3.8, 4) is 5.75 Å². The van der Waals surface area contributed by atoms with Crippen molar-refractivity contribution in [3.05, 3.63) is 88.1 Å². The summed E-state index contributed by atoms with van der Waals surface area (Å²) in [5.41, 5.74) is 5.81. The standard InChI is InChI=1S/C43H51ClN6O4S2/c1-25(2)41(53)32-13-12-31(20-34(32)28(6)51)50-23-29(24-50)19-40(52)49-16-14-30(15-17-49)33-21-38(54-7)37(18-27(33)5)47-43-45-22-35(44)42(48-43)46-36-10-8-9-11-39(36)56(55)26(3)4/h8-13,18,20-22,25-26,29-30H,14-17,19,23-24H2,1-7H3,(H2,45,46,47,48). The summed E-state index contributed by atoms with van der Waals surface area (Å²) in [4.78, 5) is 52.8. The van der Waals surface area contributed by atoms with Crippen LogP contribution in [0, 0.1) is 18.8 Å². The second-order valence-corrected chi connectivity index (χ2v) is 18.8. The predicted octanol–water partition coefficient (Wildman–Crippen LogP) is 9.06. The third-order valence-corrected chi connectivity index (χ3v) is 14.2. The zero-order valence-corrected chi connectivity index (χ0v) is 35.5. The Kier molecular flexibility index (Phi) is 13.1. The molecule has 56 heavy (non-hydrogen) atoms. The highest BCUT2D eigenvalue weighted by atomic mass is 35.5. The minimum Gasteiger partial charge on any atom is -0.495 e. The molecule has 2 fully saturated rings. The van der Waals surface area contributed by atoms with Gasteiger partial charge < -0.3 is 25.2 Å². The minimum atomic E-state index is -0.377. The first-order valence-corrected chi connectivity index (χ1v) is 21.8. The molecule has 13 heteroatoms. The Bertz CT molecular complexity index is 2150. The average molecular weight is 816 g/mol. The number of aryl methyl sites for hydroxylation is 1.